The van der Waals surface area contributed by atoms with E-state index in [-0.39, 0.29) is 18.0 Å². The molecule has 0 bridgehead atoms. The van der Waals surface area contributed by atoms with Crippen LogP contribution in [-0.4, -0.2) is 18.5 Å². The third-order valence-electron chi connectivity index (χ3n) is 3.28. The fourth-order valence-electron chi connectivity index (χ4n) is 2.40. The van der Waals surface area contributed by atoms with Crippen molar-refractivity contribution in [3.8, 4) is 0 Å². The predicted molar refractivity (Wildman–Crippen MR) is 65.8 cm³/mol. The molecule has 0 spiro atoms. The third kappa shape index (κ3) is 2.69. The molecular formula is C13H20N2O2. The van der Waals surface area contributed by atoms with Gasteiger partial charge >= 0.3 is 0 Å². The normalized spacial score (nSPS) is 22.3. The number of aryl methyl sites for hydroxylation is 2. The zero-order valence-corrected chi connectivity index (χ0v) is 10.7. The molecule has 94 valence electrons. The van der Waals surface area contributed by atoms with E-state index in [1.807, 2.05) is 19.9 Å². The van der Waals surface area contributed by atoms with E-state index in [1.165, 1.54) is 0 Å². The average Bonchev–Trinajstić information content (AvgIpc) is 2.61. The number of amides is 1. The maximum atomic E-state index is 11.7. The Hall–Kier alpha value is -1.29. The number of hydrogen-bond donors (Lipinski definition) is 2. The van der Waals surface area contributed by atoms with Crippen LogP contribution in [0, 0.1) is 13.8 Å². The van der Waals surface area contributed by atoms with Crippen molar-refractivity contribution in [3.05, 3.63) is 23.2 Å². The fraction of sp³-hybridized carbons (Fsp3) is 0.615. The molecule has 1 fully saturated rings. The lowest BCUT2D eigenvalue weighted by Crippen LogP contribution is -2.48. The molecule has 1 saturated heterocycles. The monoisotopic (exact) mass is 236 g/mol. The van der Waals surface area contributed by atoms with Gasteiger partial charge < -0.3 is 9.73 Å². The van der Waals surface area contributed by atoms with E-state index < -0.39 is 0 Å². The van der Waals surface area contributed by atoms with Crippen LogP contribution < -0.4 is 10.6 Å². The summed E-state index contributed by atoms with van der Waals surface area (Å²) in [6.07, 6.45) is 1.95. The Morgan fingerprint density at radius 2 is 2.29 bits per heavy atom. The van der Waals surface area contributed by atoms with Gasteiger partial charge in [-0.2, -0.15) is 0 Å². The molecule has 2 N–H and O–H groups in total. The van der Waals surface area contributed by atoms with Gasteiger partial charge in [0.1, 0.15) is 11.5 Å². The summed E-state index contributed by atoms with van der Waals surface area (Å²) >= 11 is 0. The molecule has 1 aliphatic heterocycles. The van der Waals surface area contributed by atoms with E-state index >= 15 is 0 Å². The van der Waals surface area contributed by atoms with Gasteiger partial charge in [0.15, 0.2) is 0 Å². The van der Waals surface area contributed by atoms with Crippen molar-refractivity contribution >= 4 is 5.91 Å². The second kappa shape index (κ2) is 4.92. The number of hydrogen-bond acceptors (Lipinski definition) is 3. The molecule has 17 heavy (non-hydrogen) atoms. The summed E-state index contributed by atoms with van der Waals surface area (Å²) in [5.74, 6) is 1.96. The Morgan fingerprint density at radius 3 is 2.88 bits per heavy atom. The number of piperidine rings is 1. The molecule has 2 heterocycles. The molecule has 1 aromatic heterocycles. The SMILES string of the molecule is Cc1cc(C(C)NC2CCCNC2=O)c(C)o1. The highest BCUT2D eigenvalue weighted by molar-refractivity contribution is 5.82. The molecular weight excluding hydrogens is 216 g/mol. The summed E-state index contributed by atoms with van der Waals surface area (Å²) in [4.78, 5) is 11.7. The highest BCUT2D eigenvalue weighted by Gasteiger charge is 2.24. The van der Waals surface area contributed by atoms with E-state index in [0.717, 1.165) is 36.5 Å². The van der Waals surface area contributed by atoms with Gasteiger partial charge in [-0.3, -0.25) is 10.1 Å². The van der Waals surface area contributed by atoms with Crippen LogP contribution in [-0.2, 0) is 4.79 Å². The molecule has 2 rings (SSSR count). The summed E-state index contributed by atoms with van der Waals surface area (Å²) < 4.78 is 5.51. The predicted octanol–water partition coefficient (Wildman–Crippen LogP) is 1.83. The smallest absolute Gasteiger partial charge is 0.237 e. The van der Waals surface area contributed by atoms with Crippen molar-refractivity contribution in [1.29, 1.82) is 0 Å². The molecule has 2 atom stereocenters. The standard InChI is InChI=1S/C13H20N2O2/c1-8-7-11(10(3)17-8)9(2)15-12-5-4-6-14-13(12)16/h7,9,12,15H,4-6H2,1-3H3,(H,14,16). The first-order valence-electron chi connectivity index (χ1n) is 6.18. The van der Waals surface area contributed by atoms with Crippen molar-refractivity contribution in [2.75, 3.05) is 6.54 Å². The van der Waals surface area contributed by atoms with Crippen LogP contribution in [0.15, 0.2) is 10.5 Å². The lowest BCUT2D eigenvalue weighted by molar-refractivity contribution is -0.124. The Bertz CT molecular complexity index is 412. The first-order chi connectivity index (χ1) is 8.08. The number of furan rings is 1. The summed E-state index contributed by atoms with van der Waals surface area (Å²) in [6.45, 7) is 6.77. The Morgan fingerprint density at radius 1 is 1.53 bits per heavy atom. The van der Waals surface area contributed by atoms with Crippen LogP contribution in [0.4, 0.5) is 0 Å². The fourth-order valence-corrected chi connectivity index (χ4v) is 2.40. The highest BCUT2D eigenvalue weighted by Crippen LogP contribution is 2.22. The van der Waals surface area contributed by atoms with E-state index in [0.29, 0.717) is 0 Å². The van der Waals surface area contributed by atoms with Crippen LogP contribution in [0.25, 0.3) is 0 Å². The second-order valence-electron chi connectivity index (χ2n) is 4.74. The molecule has 0 aromatic carbocycles. The maximum absolute atomic E-state index is 11.7. The zero-order valence-electron chi connectivity index (χ0n) is 10.7. The first-order valence-corrected chi connectivity index (χ1v) is 6.18. The van der Waals surface area contributed by atoms with Gasteiger partial charge in [0, 0.05) is 18.2 Å². The number of rotatable bonds is 3. The Kier molecular flexibility index (Phi) is 3.52. The molecule has 4 heteroatoms. The molecule has 1 aliphatic rings. The van der Waals surface area contributed by atoms with Gasteiger partial charge in [0.25, 0.3) is 0 Å². The van der Waals surface area contributed by atoms with Crippen molar-refractivity contribution in [3.63, 3.8) is 0 Å². The largest absolute Gasteiger partial charge is 0.466 e. The average molecular weight is 236 g/mol. The summed E-state index contributed by atoms with van der Waals surface area (Å²) in [7, 11) is 0. The van der Waals surface area contributed by atoms with E-state index in [9.17, 15) is 4.79 Å². The van der Waals surface area contributed by atoms with Crippen LogP contribution >= 0.6 is 0 Å². The van der Waals surface area contributed by atoms with E-state index in [4.69, 9.17) is 4.42 Å². The summed E-state index contributed by atoms with van der Waals surface area (Å²) in [5.41, 5.74) is 1.14. The highest BCUT2D eigenvalue weighted by atomic mass is 16.3. The van der Waals surface area contributed by atoms with Gasteiger partial charge in [-0.05, 0) is 39.7 Å². The topological polar surface area (TPSA) is 54.3 Å². The lowest BCUT2D eigenvalue weighted by Gasteiger charge is -2.26. The summed E-state index contributed by atoms with van der Waals surface area (Å²) in [6, 6.07) is 2.10. The maximum Gasteiger partial charge on any atom is 0.237 e. The van der Waals surface area contributed by atoms with Crippen molar-refractivity contribution in [2.24, 2.45) is 0 Å². The van der Waals surface area contributed by atoms with Crippen LogP contribution in [0.3, 0.4) is 0 Å². The molecule has 2 unspecified atom stereocenters. The quantitative estimate of drug-likeness (QED) is 0.841. The van der Waals surface area contributed by atoms with Gasteiger partial charge in [0.2, 0.25) is 5.91 Å². The van der Waals surface area contributed by atoms with E-state index in [1.54, 1.807) is 0 Å². The number of nitrogens with one attached hydrogen (secondary N) is 2. The Balaban J connectivity index is 2.03. The van der Waals surface area contributed by atoms with Crippen LogP contribution in [0.1, 0.15) is 42.9 Å². The van der Waals surface area contributed by atoms with E-state index in [2.05, 4.69) is 17.6 Å². The van der Waals surface area contributed by atoms with Crippen molar-refractivity contribution in [1.82, 2.24) is 10.6 Å². The minimum absolute atomic E-state index is 0.0756. The minimum Gasteiger partial charge on any atom is -0.466 e. The lowest BCUT2D eigenvalue weighted by atomic mass is 10.0. The first kappa shape index (κ1) is 12.2. The van der Waals surface area contributed by atoms with Crippen molar-refractivity contribution in [2.45, 2.75) is 45.7 Å². The molecule has 0 radical (unpaired) electrons. The van der Waals surface area contributed by atoms with Gasteiger partial charge in [-0.25, -0.2) is 0 Å². The molecule has 4 nitrogen and oxygen atoms in total. The van der Waals surface area contributed by atoms with Gasteiger partial charge in [0.05, 0.1) is 6.04 Å². The van der Waals surface area contributed by atoms with Gasteiger partial charge in [-0.1, -0.05) is 0 Å². The molecule has 1 aromatic rings. The van der Waals surface area contributed by atoms with Crippen molar-refractivity contribution < 1.29 is 9.21 Å². The minimum atomic E-state index is -0.0756. The number of carbonyl (C=O) groups excluding carboxylic acids is 1. The number of carbonyl (C=O) groups is 1. The molecule has 0 saturated carbocycles. The van der Waals surface area contributed by atoms with Crippen LogP contribution in [0.2, 0.25) is 0 Å². The third-order valence-corrected chi connectivity index (χ3v) is 3.28. The van der Waals surface area contributed by atoms with Gasteiger partial charge in [-0.15, -0.1) is 0 Å². The summed E-state index contributed by atoms with van der Waals surface area (Å²) in [5, 5.41) is 6.25. The zero-order chi connectivity index (χ0) is 12.4. The Labute approximate surface area is 102 Å². The molecule has 1 amide bonds. The second-order valence-corrected chi connectivity index (χ2v) is 4.74. The molecule has 0 aliphatic carbocycles. The van der Waals surface area contributed by atoms with Crippen LogP contribution in [0.5, 0.6) is 0 Å².